The molecule has 1 amide bonds. The van der Waals surface area contributed by atoms with Gasteiger partial charge < -0.3 is 14.7 Å². The van der Waals surface area contributed by atoms with Crippen molar-refractivity contribution in [2.45, 2.75) is 32.7 Å². The van der Waals surface area contributed by atoms with E-state index in [1.54, 1.807) is 24.3 Å². The molecule has 8 heteroatoms. The lowest BCUT2D eigenvalue weighted by Crippen LogP contribution is -2.30. The largest absolute Gasteiger partial charge is 0.507 e. The minimum atomic E-state index is -0.837. The van der Waals surface area contributed by atoms with Gasteiger partial charge in [0.15, 0.2) is 0 Å². The molecule has 1 atom stereocenters. The van der Waals surface area contributed by atoms with E-state index in [0.29, 0.717) is 23.6 Å². The van der Waals surface area contributed by atoms with Gasteiger partial charge in [0.25, 0.3) is 11.7 Å². The van der Waals surface area contributed by atoms with Crippen LogP contribution in [0, 0.1) is 0 Å². The summed E-state index contributed by atoms with van der Waals surface area (Å²) in [6, 6.07) is 10.2. The maximum absolute atomic E-state index is 12.9. The normalized spacial score (nSPS) is 17.8. The zero-order valence-corrected chi connectivity index (χ0v) is 18.5. The number of ether oxygens (including phenoxy) is 1. The van der Waals surface area contributed by atoms with Crippen LogP contribution in [0.1, 0.15) is 43.9 Å². The Hall–Kier alpha value is -2.83. The molecule has 2 aromatic rings. The molecule has 0 saturated carbocycles. The summed E-state index contributed by atoms with van der Waals surface area (Å²) < 4.78 is 5.16. The van der Waals surface area contributed by atoms with E-state index >= 15 is 0 Å². The van der Waals surface area contributed by atoms with Crippen LogP contribution in [0.25, 0.3) is 5.76 Å². The van der Waals surface area contributed by atoms with Gasteiger partial charge in [0.05, 0.1) is 21.7 Å². The molecule has 1 heterocycles. The lowest BCUT2D eigenvalue weighted by molar-refractivity contribution is -0.139. The Kier molecular flexibility index (Phi) is 7.03. The first-order chi connectivity index (χ1) is 14.7. The van der Waals surface area contributed by atoms with Crippen LogP contribution in [0.4, 0.5) is 0 Å². The van der Waals surface area contributed by atoms with Gasteiger partial charge >= 0.3 is 5.97 Å². The van der Waals surface area contributed by atoms with Crippen molar-refractivity contribution in [2.75, 3.05) is 6.54 Å². The summed E-state index contributed by atoms with van der Waals surface area (Å²) in [5.41, 5.74) is 0.749. The van der Waals surface area contributed by atoms with Crippen LogP contribution in [-0.2, 0) is 14.4 Å². The number of aliphatic hydroxyl groups is 1. The molecule has 162 valence electrons. The third kappa shape index (κ3) is 4.75. The van der Waals surface area contributed by atoms with Crippen molar-refractivity contribution in [1.29, 1.82) is 0 Å². The molecule has 0 aliphatic carbocycles. The van der Waals surface area contributed by atoms with E-state index in [1.165, 1.54) is 30.0 Å². The molecule has 31 heavy (non-hydrogen) atoms. The van der Waals surface area contributed by atoms with Gasteiger partial charge in [-0.2, -0.15) is 0 Å². The van der Waals surface area contributed by atoms with Crippen molar-refractivity contribution < 1.29 is 24.2 Å². The van der Waals surface area contributed by atoms with E-state index in [1.807, 2.05) is 6.92 Å². The maximum atomic E-state index is 12.9. The number of carbonyl (C=O) groups is 3. The van der Waals surface area contributed by atoms with E-state index in [9.17, 15) is 19.5 Å². The number of Topliss-reactive ketones (excluding diaryl/α,β-unsaturated/α-hetero) is 1. The second-order valence-corrected chi connectivity index (χ2v) is 7.96. The molecule has 6 nitrogen and oxygen atoms in total. The number of likely N-dealkylation sites (tertiary alicyclic amines) is 1. The number of unbranched alkanes of at least 4 members (excludes halogenated alkanes) is 1. The number of nitrogens with zero attached hydrogens (tertiary/aromatic N) is 1. The topological polar surface area (TPSA) is 83.9 Å². The number of rotatable bonds is 6. The number of aliphatic hydroxyl groups excluding tert-OH is 1. The molecule has 0 spiro atoms. The highest BCUT2D eigenvalue weighted by Crippen LogP contribution is 2.41. The number of benzene rings is 2. The Labute approximate surface area is 190 Å². The van der Waals surface area contributed by atoms with Crippen molar-refractivity contribution in [3.05, 3.63) is 69.2 Å². The lowest BCUT2D eigenvalue weighted by atomic mass is 9.95. The number of amides is 1. The summed E-state index contributed by atoms with van der Waals surface area (Å²) in [5, 5.41) is 11.5. The molecular weight excluding hydrogens is 441 g/mol. The quantitative estimate of drug-likeness (QED) is 0.211. The number of carbonyl (C=O) groups excluding carboxylic acids is 3. The second-order valence-electron chi connectivity index (χ2n) is 7.14. The van der Waals surface area contributed by atoms with Gasteiger partial charge in [0, 0.05) is 19.0 Å². The smallest absolute Gasteiger partial charge is 0.308 e. The highest BCUT2D eigenvalue weighted by molar-refractivity contribution is 6.46. The highest BCUT2D eigenvalue weighted by atomic mass is 35.5. The first-order valence-corrected chi connectivity index (χ1v) is 10.5. The van der Waals surface area contributed by atoms with Gasteiger partial charge in [-0.05, 0) is 42.3 Å². The van der Waals surface area contributed by atoms with Gasteiger partial charge in [-0.3, -0.25) is 14.4 Å². The Morgan fingerprint density at radius 3 is 2.52 bits per heavy atom. The molecular formula is C23H21Cl2NO5. The fourth-order valence-corrected chi connectivity index (χ4v) is 3.80. The first kappa shape index (κ1) is 22.8. The fraction of sp³-hybridized carbons (Fsp3) is 0.261. The van der Waals surface area contributed by atoms with Gasteiger partial charge in [-0.1, -0.05) is 48.7 Å². The zero-order valence-electron chi connectivity index (χ0n) is 17.0. The predicted molar refractivity (Wildman–Crippen MR) is 118 cm³/mol. The summed E-state index contributed by atoms with van der Waals surface area (Å²) >= 11 is 12.0. The minimum Gasteiger partial charge on any atom is -0.507 e. The van der Waals surface area contributed by atoms with E-state index in [4.69, 9.17) is 27.9 Å². The Balaban J connectivity index is 2.17. The van der Waals surface area contributed by atoms with Crippen molar-refractivity contribution in [1.82, 2.24) is 4.90 Å². The molecule has 1 aliphatic heterocycles. The highest BCUT2D eigenvalue weighted by Gasteiger charge is 2.45. The minimum absolute atomic E-state index is 0.0560. The van der Waals surface area contributed by atoms with Gasteiger partial charge in [0.1, 0.15) is 11.5 Å². The number of halogens is 2. The summed E-state index contributed by atoms with van der Waals surface area (Å²) in [5.74, 6) is -2.05. The molecule has 3 rings (SSSR count). The predicted octanol–water partition coefficient (Wildman–Crippen LogP) is 5.14. The summed E-state index contributed by atoms with van der Waals surface area (Å²) in [7, 11) is 0. The van der Waals surface area contributed by atoms with Crippen molar-refractivity contribution in [3.63, 3.8) is 0 Å². The van der Waals surface area contributed by atoms with Crippen LogP contribution in [-0.4, -0.2) is 34.2 Å². The van der Waals surface area contributed by atoms with Gasteiger partial charge in [-0.25, -0.2) is 0 Å². The summed E-state index contributed by atoms with van der Waals surface area (Å²) in [6.07, 6.45) is 1.50. The van der Waals surface area contributed by atoms with Crippen LogP contribution < -0.4 is 4.74 Å². The maximum Gasteiger partial charge on any atom is 0.308 e. The monoisotopic (exact) mass is 461 g/mol. The van der Waals surface area contributed by atoms with Crippen molar-refractivity contribution in [2.24, 2.45) is 0 Å². The second kappa shape index (κ2) is 9.54. The summed E-state index contributed by atoms with van der Waals surface area (Å²) in [4.78, 5) is 38.6. The average molecular weight is 462 g/mol. The SMILES string of the molecule is CCCCN1C(=O)C(=O)/C(=C(\O)c2ccc(Cl)c(Cl)c2)C1c1cccc(OC(C)=O)c1. The molecule has 1 unspecified atom stereocenters. The third-order valence-electron chi connectivity index (χ3n) is 4.92. The summed E-state index contributed by atoms with van der Waals surface area (Å²) in [6.45, 7) is 3.59. The van der Waals surface area contributed by atoms with E-state index in [-0.39, 0.29) is 27.7 Å². The molecule has 1 aliphatic rings. The average Bonchev–Trinajstić information content (AvgIpc) is 2.98. The standard InChI is InChI=1S/C23H21Cl2NO5/c1-3-4-10-26-20(14-6-5-7-16(11-14)31-13(2)27)19(22(29)23(26)30)21(28)15-8-9-17(24)18(25)12-15/h5-9,11-12,20,28H,3-4,10H2,1-2H3/b21-19-. The molecule has 0 radical (unpaired) electrons. The Morgan fingerprint density at radius 2 is 1.87 bits per heavy atom. The molecule has 0 bridgehead atoms. The molecule has 0 aromatic heterocycles. The Morgan fingerprint density at radius 1 is 1.13 bits per heavy atom. The number of hydrogen-bond donors (Lipinski definition) is 1. The number of ketones is 1. The molecule has 1 saturated heterocycles. The number of hydrogen-bond acceptors (Lipinski definition) is 5. The van der Waals surface area contributed by atoms with Crippen LogP contribution in [0.3, 0.4) is 0 Å². The fourth-order valence-electron chi connectivity index (χ4n) is 3.50. The van der Waals surface area contributed by atoms with Crippen LogP contribution in [0.15, 0.2) is 48.0 Å². The molecule has 1 fully saturated rings. The lowest BCUT2D eigenvalue weighted by Gasteiger charge is -2.25. The zero-order chi connectivity index (χ0) is 22.7. The van der Waals surface area contributed by atoms with Crippen molar-refractivity contribution in [3.8, 4) is 5.75 Å². The first-order valence-electron chi connectivity index (χ1n) is 9.76. The van der Waals surface area contributed by atoms with Crippen LogP contribution in [0.2, 0.25) is 10.0 Å². The van der Waals surface area contributed by atoms with Crippen LogP contribution in [0.5, 0.6) is 5.75 Å². The van der Waals surface area contributed by atoms with Crippen molar-refractivity contribution >= 4 is 46.6 Å². The van der Waals surface area contributed by atoms with E-state index in [0.717, 1.165) is 6.42 Å². The van der Waals surface area contributed by atoms with Gasteiger partial charge in [0.2, 0.25) is 0 Å². The Bertz CT molecular complexity index is 1080. The number of esters is 1. The van der Waals surface area contributed by atoms with Gasteiger partial charge in [-0.15, -0.1) is 0 Å². The van der Waals surface area contributed by atoms with E-state index < -0.39 is 23.7 Å². The third-order valence-corrected chi connectivity index (χ3v) is 5.66. The molecule has 2 aromatic carbocycles. The van der Waals surface area contributed by atoms with E-state index in [2.05, 4.69) is 0 Å². The van der Waals surface area contributed by atoms with Crippen LogP contribution >= 0.6 is 23.2 Å². The molecule has 1 N–H and O–H groups in total.